The van der Waals surface area contributed by atoms with E-state index >= 15 is 0 Å². The number of ether oxygens (including phenoxy) is 1. The molecule has 1 atom stereocenters. The maximum atomic E-state index is 12.7. The van der Waals surface area contributed by atoms with Crippen molar-refractivity contribution in [3.05, 3.63) is 66.2 Å². The third-order valence-electron chi connectivity index (χ3n) is 3.96. The van der Waals surface area contributed by atoms with Gasteiger partial charge in [-0.2, -0.15) is 0 Å². The molecule has 3 rings (SSSR count). The van der Waals surface area contributed by atoms with Crippen LogP contribution in [-0.4, -0.2) is 41.5 Å². The molecule has 0 N–H and O–H groups in total. The van der Waals surface area contributed by atoms with Gasteiger partial charge in [-0.05, 0) is 24.3 Å². The highest BCUT2D eigenvalue weighted by atomic mass is 35.5. The topological polar surface area (TPSA) is 66.9 Å². The number of imide groups is 1. The van der Waals surface area contributed by atoms with Gasteiger partial charge in [0.1, 0.15) is 6.61 Å². The molecule has 7 heteroatoms. The Bertz CT molecular complexity index is 812. The number of para-hydroxylation sites is 1. The molecule has 0 bridgehead atoms. The quantitative estimate of drug-likeness (QED) is 0.365. The van der Waals surface area contributed by atoms with E-state index in [1.54, 1.807) is 60.7 Å². The van der Waals surface area contributed by atoms with Crippen LogP contribution in [0.3, 0.4) is 0 Å². The normalized spacial score (nSPS) is 20.1. The highest BCUT2D eigenvalue weighted by molar-refractivity contribution is 6.43. The minimum Gasteiger partial charge on any atom is -0.458 e. The monoisotopic (exact) mass is 358 g/mol. The van der Waals surface area contributed by atoms with Crippen LogP contribution in [0.5, 0.6) is 0 Å². The summed E-state index contributed by atoms with van der Waals surface area (Å²) < 4.78 is 5.18. The minimum atomic E-state index is -1.78. The summed E-state index contributed by atoms with van der Waals surface area (Å²) in [5.74, 6) is -1.28. The molecular weight excluding hydrogens is 344 g/mol. The number of urea groups is 1. The van der Waals surface area contributed by atoms with Gasteiger partial charge in [0.2, 0.25) is 5.00 Å². The van der Waals surface area contributed by atoms with Crippen LogP contribution in [0.25, 0.3) is 0 Å². The van der Waals surface area contributed by atoms with Crippen molar-refractivity contribution in [3.63, 3.8) is 0 Å². The maximum absolute atomic E-state index is 12.7. The number of benzene rings is 2. The van der Waals surface area contributed by atoms with Crippen molar-refractivity contribution < 1.29 is 19.1 Å². The molecule has 6 nitrogen and oxygen atoms in total. The van der Waals surface area contributed by atoms with Gasteiger partial charge < -0.3 is 4.74 Å². The molecule has 25 heavy (non-hydrogen) atoms. The zero-order chi connectivity index (χ0) is 18.0. The van der Waals surface area contributed by atoms with E-state index in [9.17, 15) is 14.4 Å². The fourth-order valence-corrected chi connectivity index (χ4v) is 2.70. The number of alkyl halides is 1. The van der Waals surface area contributed by atoms with Crippen LogP contribution in [0.1, 0.15) is 10.4 Å². The van der Waals surface area contributed by atoms with Crippen molar-refractivity contribution in [1.29, 1.82) is 0 Å². The third-order valence-corrected chi connectivity index (χ3v) is 4.48. The summed E-state index contributed by atoms with van der Waals surface area (Å²) in [6.07, 6.45) is 0. The smallest absolute Gasteiger partial charge is 0.338 e. The molecule has 0 radical (unpaired) electrons. The Kier molecular flexibility index (Phi) is 4.46. The lowest BCUT2D eigenvalue weighted by Gasteiger charge is -2.25. The van der Waals surface area contributed by atoms with E-state index < -0.39 is 29.5 Å². The van der Waals surface area contributed by atoms with Gasteiger partial charge in [0.15, 0.2) is 0 Å². The third kappa shape index (κ3) is 2.96. The van der Waals surface area contributed by atoms with Crippen molar-refractivity contribution in [2.24, 2.45) is 0 Å². The van der Waals surface area contributed by atoms with Crippen molar-refractivity contribution in [2.45, 2.75) is 5.00 Å². The first-order valence-corrected chi connectivity index (χ1v) is 7.91. The lowest BCUT2D eigenvalue weighted by Crippen LogP contribution is -2.47. The summed E-state index contributed by atoms with van der Waals surface area (Å²) in [4.78, 5) is 37.5. The molecule has 0 saturated carbocycles. The number of hydrogen-bond acceptors (Lipinski definition) is 4. The molecule has 3 amide bonds. The number of rotatable bonds is 4. The van der Waals surface area contributed by atoms with Crippen LogP contribution in [0.2, 0.25) is 0 Å². The fourth-order valence-electron chi connectivity index (χ4n) is 2.49. The molecule has 1 saturated heterocycles. The van der Waals surface area contributed by atoms with Gasteiger partial charge in [0.05, 0.1) is 11.3 Å². The summed E-state index contributed by atoms with van der Waals surface area (Å²) in [7, 11) is 1.40. The number of likely N-dealkylation sites (N-methyl/N-ethyl adjacent to an activating group) is 1. The van der Waals surface area contributed by atoms with Gasteiger partial charge in [-0.15, -0.1) is 0 Å². The fraction of sp³-hybridized carbons (Fsp3) is 0.167. The summed E-state index contributed by atoms with van der Waals surface area (Å²) in [6, 6.07) is 16.2. The summed E-state index contributed by atoms with van der Waals surface area (Å²) in [6.45, 7) is -0.452. The molecule has 0 aromatic heterocycles. The van der Waals surface area contributed by atoms with Gasteiger partial charge >= 0.3 is 12.0 Å². The second-order valence-electron chi connectivity index (χ2n) is 5.52. The van der Waals surface area contributed by atoms with E-state index in [0.29, 0.717) is 11.3 Å². The zero-order valence-corrected chi connectivity index (χ0v) is 14.1. The number of halogens is 1. The van der Waals surface area contributed by atoms with E-state index in [1.165, 1.54) is 7.05 Å². The highest BCUT2D eigenvalue weighted by Gasteiger charge is 2.56. The number of carbonyl (C=O) groups is 3. The first-order chi connectivity index (χ1) is 11.9. The molecule has 1 aliphatic heterocycles. The second-order valence-corrected chi connectivity index (χ2v) is 6.14. The molecule has 0 aliphatic carbocycles. The molecule has 1 aliphatic rings. The number of carbonyl (C=O) groups excluding carboxylic acids is 3. The van der Waals surface area contributed by atoms with Gasteiger partial charge in [-0.1, -0.05) is 48.0 Å². The minimum absolute atomic E-state index is 0.335. The maximum Gasteiger partial charge on any atom is 0.338 e. The van der Waals surface area contributed by atoms with Crippen molar-refractivity contribution >= 4 is 35.2 Å². The lowest BCUT2D eigenvalue weighted by molar-refractivity contribution is -0.122. The van der Waals surface area contributed by atoms with Crippen molar-refractivity contribution in [2.75, 3.05) is 18.6 Å². The summed E-state index contributed by atoms with van der Waals surface area (Å²) in [5, 5.41) is 0. The summed E-state index contributed by atoms with van der Waals surface area (Å²) in [5.41, 5.74) is 0.739. The SMILES string of the molecule is CN1C(=O)N(c2ccccc2)C(=O)C1(Cl)COC(=O)c1ccccc1. The Labute approximate surface area is 149 Å². The summed E-state index contributed by atoms with van der Waals surface area (Å²) >= 11 is 6.38. The van der Waals surface area contributed by atoms with Crippen LogP contribution < -0.4 is 4.90 Å². The van der Waals surface area contributed by atoms with E-state index in [-0.39, 0.29) is 0 Å². The molecular formula is C18H15ClN2O4. The number of esters is 1. The van der Waals surface area contributed by atoms with Gasteiger partial charge in [0, 0.05) is 7.05 Å². The zero-order valence-electron chi connectivity index (χ0n) is 13.4. The first-order valence-electron chi connectivity index (χ1n) is 7.53. The number of hydrogen-bond donors (Lipinski definition) is 0. The van der Waals surface area contributed by atoms with Crippen LogP contribution in [-0.2, 0) is 9.53 Å². The molecule has 0 spiro atoms. The van der Waals surface area contributed by atoms with Crippen LogP contribution in [0.4, 0.5) is 10.5 Å². The predicted octanol–water partition coefficient (Wildman–Crippen LogP) is 2.88. The average Bonchev–Trinajstić information content (AvgIpc) is 2.82. The highest BCUT2D eigenvalue weighted by Crippen LogP contribution is 2.34. The van der Waals surface area contributed by atoms with E-state index in [4.69, 9.17) is 16.3 Å². The van der Waals surface area contributed by atoms with Gasteiger partial charge in [-0.25, -0.2) is 14.5 Å². The number of anilines is 1. The van der Waals surface area contributed by atoms with Crippen molar-refractivity contribution in [1.82, 2.24) is 4.90 Å². The standard InChI is InChI=1S/C18H15ClN2O4/c1-20-17(24)21(14-10-6-3-7-11-14)16(23)18(20,19)12-25-15(22)13-8-4-2-5-9-13/h2-11H,12H2,1H3. The van der Waals surface area contributed by atoms with E-state index in [1.807, 2.05) is 0 Å². The molecule has 128 valence electrons. The van der Waals surface area contributed by atoms with E-state index in [2.05, 4.69) is 0 Å². The lowest BCUT2D eigenvalue weighted by atomic mass is 10.2. The molecule has 1 fully saturated rings. The molecule has 1 heterocycles. The predicted molar refractivity (Wildman–Crippen MR) is 92.4 cm³/mol. The van der Waals surface area contributed by atoms with E-state index in [0.717, 1.165) is 9.80 Å². The van der Waals surface area contributed by atoms with Gasteiger partial charge in [0.25, 0.3) is 5.91 Å². The Morgan fingerprint density at radius 3 is 2.20 bits per heavy atom. The molecule has 2 aromatic rings. The molecule has 2 aromatic carbocycles. The molecule has 1 unspecified atom stereocenters. The second kappa shape index (κ2) is 6.57. The first kappa shape index (κ1) is 17.0. The average molecular weight is 359 g/mol. The largest absolute Gasteiger partial charge is 0.458 e. The Morgan fingerprint density at radius 2 is 1.60 bits per heavy atom. The Hall–Kier alpha value is -2.86. The van der Waals surface area contributed by atoms with Crippen LogP contribution in [0.15, 0.2) is 60.7 Å². The Morgan fingerprint density at radius 1 is 1.04 bits per heavy atom. The number of nitrogens with zero attached hydrogens (tertiary/aromatic N) is 2. The van der Waals surface area contributed by atoms with Crippen molar-refractivity contribution in [3.8, 4) is 0 Å². The number of amides is 3. The van der Waals surface area contributed by atoms with Gasteiger partial charge in [-0.3, -0.25) is 9.69 Å². The van der Waals surface area contributed by atoms with Crippen LogP contribution in [0, 0.1) is 0 Å². The Balaban J connectivity index is 1.80. The van der Waals surface area contributed by atoms with Crippen LogP contribution >= 0.6 is 11.6 Å².